The standard InChI is InChI=1S/C22H23N3O2/c1-4-5-14-25-18-9-7-6-8-17(18)20-19(22(25)26)23-21(24(20)2)15-10-12-16(27-3)13-11-15/h6-13H,4-5,14H2,1-3H3. The number of hydrogen-bond acceptors (Lipinski definition) is 3. The zero-order valence-electron chi connectivity index (χ0n) is 15.9. The number of aryl methyl sites for hydroxylation is 2. The van der Waals surface area contributed by atoms with Gasteiger partial charge in [-0.1, -0.05) is 31.5 Å². The Morgan fingerprint density at radius 3 is 2.52 bits per heavy atom. The van der Waals surface area contributed by atoms with Crippen LogP contribution >= 0.6 is 0 Å². The summed E-state index contributed by atoms with van der Waals surface area (Å²) in [5.74, 6) is 1.58. The molecule has 0 N–H and O–H groups in total. The highest BCUT2D eigenvalue weighted by atomic mass is 16.5. The topological polar surface area (TPSA) is 49.1 Å². The van der Waals surface area contributed by atoms with Crippen molar-refractivity contribution in [3.8, 4) is 17.1 Å². The van der Waals surface area contributed by atoms with E-state index in [1.54, 1.807) is 7.11 Å². The van der Waals surface area contributed by atoms with Crippen LogP contribution in [0.1, 0.15) is 19.8 Å². The molecule has 5 nitrogen and oxygen atoms in total. The van der Waals surface area contributed by atoms with E-state index < -0.39 is 0 Å². The lowest BCUT2D eigenvalue weighted by Crippen LogP contribution is -2.21. The average Bonchev–Trinajstić information content (AvgIpc) is 3.06. The molecule has 0 amide bonds. The molecular weight excluding hydrogens is 338 g/mol. The van der Waals surface area contributed by atoms with Gasteiger partial charge in [0.25, 0.3) is 5.56 Å². The predicted octanol–water partition coefficient (Wildman–Crippen LogP) is 4.36. The molecule has 0 atom stereocenters. The van der Waals surface area contributed by atoms with E-state index in [1.165, 1.54) is 0 Å². The number of unbranched alkanes of at least 4 members (excludes halogenated alkanes) is 1. The fourth-order valence-electron chi connectivity index (χ4n) is 3.64. The van der Waals surface area contributed by atoms with Crippen LogP contribution in [0.25, 0.3) is 33.3 Å². The molecule has 2 heterocycles. The molecule has 0 bridgehead atoms. The number of benzene rings is 2. The number of para-hydroxylation sites is 1. The molecule has 0 saturated carbocycles. The van der Waals surface area contributed by atoms with Crippen molar-refractivity contribution in [2.75, 3.05) is 7.11 Å². The summed E-state index contributed by atoms with van der Waals surface area (Å²) in [6.45, 7) is 2.84. The number of nitrogens with zero attached hydrogens (tertiary/aromatic N) is 3. The zero-order chi connectivity index (χ0) is 19.0. The molecule has 5 heteroatoms. The maximum atomic E-state index is 13.2. The molecule has 27 heavy (non-hydrogen) atoms. The molecule has 2 aromatic carbocycles. The van der Waals surface area contributed by atoms with Crippen LogP contribution in [0.2, 0.25) is 0 Å². The highest BCUT2D eigenvalue weighted by Crippen LogP contribution is 2.28. The Kier molecular flexibility index (Phi) is 4.44. The Morgan fingerprint density at radius 2 is 1.81 bits per heavy atom. The van der Waals surface area contributed by atoms with Gasteiger partial charge in [-0.25, -0.2) is 4.98 Å². The smallest absolute Gasteiger partial charge is 0.279 e. The second-order valence-corrected chi connectivity index (χ2v) is 6.75. The van der Waals surface area contributed by atoms with Crippen LogP contribution in [0.3, 0.4) is 0 Å². The third-order valence-electron chi connectivity index (χ3n) is 5.08. The minimum Gasteiger partial charge on any atom is -0.497 e. The van der Waals surface area contributed by atoms with Gasteiger partial charge in [-0.05, 0) is 36.8 Å². The summed E-state index contributed by atoms with van der Waals surface area (Å²) < 4.78 is 9.13. The van der Waals surface area contributed by atoms with Crippen molar-refractivity contribution < 1.29 is 4.74 Å². The molecule has 0 unspecified atom stereocenters. The maximum absolute atomic E-state index is 13.2. The minimum atomic E-state index is -0.0208. The molecule has 0 aliphatic carbocycles. The molecule has 0 fully saturated rings. The molecule has 0 aliphatic rings. The minimum absolute atomic E-state index is 0.0208. The van der Waals surface area contributed by atoms with E-state index in [2.05, 4.69) is 13.0 Å². The van der Waals surface area contributed by atoms with Crippen LogP contribution in [-0.2, 0) is 13.6 Å². The first-order chi connectivity index (χ1) is 13.2. The molecule has 138 valence electrons. The summed E-state index contributed by atoms with van der Waals surface area (Å²) >= 11 is 0. The van der Waals surface area contributed by atoms with Crippen LogP contribution in [0.5, 0.6) is 5.75 Å². The number of rotatable bonds is 5. The van der Waals surface area contributed by atoms with Gasteiger partial charge in [-0.15, -0.1) is 0 Å². The van der Waals surface area contributed by atoms with E-state index in [0.29, 0.717) is 12.1 Å². The van der Waals surface area contributed by atoms with E-state index >= 15 is 0 Å². The average molecular weight is 361 g/mol. The van der Waals surface area contributed by atoms with Crippen molar-refractivity contribution in [1.29, 1.82) is 0 Å². The SMILES string of the molecule is CCCCn1c(=O)c2nc(-c3ccc(OC)cc3)n(C)c2c2ccccc21. The van der Waals surface area contributed by atoms with Gasteiger partial charge in [0, 0.05) is 24.5 Å². The summed E-state index contributed by atoms with van der Waals surface area (Å²) in [5.41, 5.74) is 3.31. The van der Waals surface area contributed by atoms with E-state index in [0.717, 1.165) is 46.4 Å². The number of aromatic nitrogens is 3. The second kappa shape index (κ2) is 6.91. The summed E-state index contributed by atoms with van der Waals surface area (Å²) in [5, 5.41) is 1.05. The number of hydrogen-bond donors (Lipinski definition) is 0. The van der Waals surface area contributed by atoms with E-state index in [1.807, 2.05) is 58.6 Å². The quantitative estimate of drug-likeness (QED) is 0.530. The highest BCUT2D eigenvalue weighted by molar-refractivity contribution is 6.03. The Morgan fingerprint density at radius 1 is 1.07 bits per heavy atom. The molecule has 0 saturated heterocycles. The Balaban J connectivity index is 2.02. The first-order valence-corrected chi connectivity index (χ1v) is 9.28. The van der Waals surface area contributed by atoms with E-state index in [4.69, 9.17) is 9.72 Å². The number of imidazole rings is 1. The molecule has 2 aromatic heterocycles. The van der Waals surface area contributed by atoms with Crippen LogP contribution < -0.4 is 10.3 Å². The van der Waals surface area contributed by atoms with E-state index in [-0.39, 0.29) is 5.56 Å². The van der Waals surface area contributed by atoms with Crippen LogP contribution in [0.15, 0.2) is 53.3 Å². The molecular formula is C22H23N3O2. The lowest BCUT2D eigenvalue weighted by Gasteiger charge is -2.11. The van der Waals surface area contributed by atoms with Crippen molar-refractivity contribution in [1.82, 2.24) is 14.1 Å². The highest BCUT2D eigenvalue weighted by Gasteiger charge is 2.18. The lowest BCUT2D eigenvalue weighted by molar-refractivity contribution is 0.415. The van der Waals surface area contributed by atoms with Gasteiger partial charge >= 0.3 is 0 Å². The zero-order valence-corrected chi connectivity index (χ0v) is 15.9. The van der Waals surface area contributed by atoms with Gasteiger partial charge in [-0.3, -0.25) is 4.79 Å². The number of fused-ring (bicyclic) bond motifs is 3. The molecule has 0 spiro atoms. The molecule has 0 radical (unpaired) electrons. The fourth-order valence-corrected chi connectivity index (χ4v) is 3.64. The van der Waals surface area contributed by atoms with Gasteiger partial charge in [-0.2, -0.15) is 0 Å². The van der Waals surface area contributed by atoms with E-state index in [9.17, 15) is 4.79 Å². The molecule has 4 aromatic rings. The second-order valence-electron chi connectivity index (χ2n) is 6.75. The Hall–Kier alpha value is -3.08. The van der Waals surface area contributed by atoms with Crippen molar-refractivity contribution >= 4 is 21.9 Å². The number of pyridine rings is 1. The fraction of sp³-hybridized carbons (Fsp3) is 0.273. The Bertz CT molecular complexity index is 1170. The third-order valence-corrected chi connectivity index (χ3v) is 5.08. The molecule has 4 rings (SSSR count). The van der Waals surface area contributed by atoms with Crippen LogP contribution in [0, 0.1) is 0 Å². The normalized spacial score (nSPS) is 11.4. The predicted molar refractivity (Wildman–Crippen MR) is 109 cm³/mol. The van der Waals surface area contributed by atoms with Crippen molar-refractivity contribution in [3.63, 3.8) is 0 Å². The van der Waals surface area contributed by atoms with Crippen LogP contribution in [-0.4, -0.2) is 21.2 Å². The number of methoxy groups -OCH3 is 1. The van der Waals surface area contributed by atoms with Gasteiger partial charge in [0.2, 0.25) is 0 Å². The number of ether oxygens (including phenoxy) is 1. The first-order valence-electron chi connectivity index (χ1n) is 9.28. The van der Waals surface area contributed by atoms with Crippen LogP contribution in [0.4, 0.5) is 0 Å². The maximum Gasteiger partial charge on any atom is 0.279 e. The summed E-state index contributed by atoms with van der Waals surface area (Å²) in [4.78, 5) is 18.0. The molecule has 0 aliphatic heterocycles. The Labute approximate surface area is 157 Å². The summed E-state index contributed by atoms with van der Waals surface area (Å²) in [6.07, 6.45) is 2.01. The van der Waals surface area contributed by atoms with Gasteiger partial charge < -0.3 is 13.9 Å². The summed E-state index contributed by atoms with van der Waals surface area (Å²) in [7, 11) is 3.62. The third kappa shape index (κ3) is 2.79. The van der Waals surface area contributed by atoms with Gasteiger partial charge in [0.05, 0.1) is 18.1 Å². The summed E-state index contributed by atoms with van der Waals surface area (Å²) in [6, 6.07) is 15.8. The van der Waals surface area contributed by atoms with Crippen molar-refractivity contribution in [2.24, 2.45) is 7.05 Å². The monoisotopic (exact) mass is 361 g/mol. The van der Waals surface area contributed by atoms with Crippen molar-refractivity contribution in [2.45, 2.75) is 26.3 Å². The largest absolute Gasteiger partial charge is 0.497 e. The first kappa shape index (κ1) is 17.3. The van der Waals surface area contributed by atoms with Gasteiger partial charge in [0.15, 0.2) is 5.52 Å². The van der Waals surface area contributed by atoms with Gasteiger partial charge in [0.1, 0.15) is 11.6 Å². The van der Waals surface area contributed by atoms with Crippen molar-refractivity contribution in [3.05, 3.63) is 58.9 Å². The lowest BCUT2D eigenvalue weighted by atomic mass is 10.1.